The summed E-state index contributed by atoms with van der Waals surface area (Å²) in [6, 6.07) is 1.23. The number of nitrogens with two attached hydrogens (primary N) is 1. The van der Waals surface area contributed by atoms with Gasteiger partial charge in [0.05, 0.1) is 30.7 Å². The van der Waals surface area contributed by atoms with E-state index in [1.165, 1.54) is 6.07 Å². The van der Waals surface area contributed by atoms with Gasteiger partial charge in [0.2, 0.25) is 26.7 Å². The highest BCUT2D eigenvalue weighted by Gasteiger charge is 2.63. The van der Waals surface area contributed by atoms with Gasteiger partial charge in [-0.2, -0.15) is 17.6 Å². The van der Waals surface area contributed by atoms with Gasteiger partial charge in [0.1, 0.15) is 6.04 Å². The molecule has 0 saturated carbocycles. The number of hydrogen-bond donors (Lipinski definition) is 2. The molecule has 1 saturated heterocycles. The zero-order chi connectivity index (χ0) is 27.8. The number of amides is 1. The Balaban J connectivity index is 2.05. The van der Waals surface area contributed by atoms with Gasteiger partial charge in [-0.25, -0.2) is 22.8 Å². The maximum absolute atomic E-state index is 14.4. The Kier molecular flexibility index (Phi) is 7.64. The molecular weight excluding hydrogens is 529 g/mol. The number of carbonyl (C=O) groups is 1. The maximum Gasteiger partial charge on any atom is 0.419 e. The van der Waals surface area contributed by atoms with Crippen LogP contribution < -0.4 is 20.7 Å². The predicted molar refractivity (Wildman–Crippen MR) is 120 cm³/mol. The first kappa shape index (κ1) is 28.0. The van der Waals surface area contributed by atoms with Crippen LogP contribution in [-0.2, 0) is 19.4 Å². The number of nitrogens with zero attached hydrogens (tertiary/aromatic N) is 3. The molecule has 37 heavy (non-hydrogen) atoms. The number of carbonyl (C=O) groups excluding carboxylic acids is 1. The Morgan fingerprint density at radius 2 is 1.95 bits per heavy atom. The third kappa shape index (κ3) is 5.29. The highest BCUT2D eigenvalue weighted by Crippen LogP contribution is 2.47. The first-order valence-electron chi connectivity index (χ1n) is 10.4. The molecule has 1 aromatic carbocycles. The number of aromatic nitrogens is 2. The van der Waals surface area contributed by atoms with E-state index in [4.69, 9.17) is 15.2 Å². The van der Waals surface area contributed by atoms with E-state index >= 15 is 0 Å². The van der Waals surface area contributed by atoms with E-state index in [-0.39, 0.29) is 17.1 Å². The molecular formula is C21H22F5N5O5S. The highest BCUT2D eigenvalue weighted by atomic mass is 32.2. The van der Waals surface area contributed by atoms with E-state index in [0.29, 0.717) is 6.07 Å². The van der Waals surface area contributed by atoms with Crippen molar-refractivity contribution in [2.24, 2.45) is 5.73 Å². The third-order valence-corrected chi connectivity index (χ3v) is 6.60. The first-order chi connectivity index (χ1) is 17.2. The molecule has 10 nitrogen and oxygen atoms in total. The number of anilines is 1. The van der Waals surface area contributed by atoms with E-state index in [2.05, 4.69) is 15.3 Å². The van der Waals surface area contributed by atoms with E-state index in [0.717, 1.165) is 43.8 Å². The lowest BCUT2D eigenvalue weighted by Gasteiger charge is -2.31. The summed E-state index contributed by atoms with van der Waals surface area (Å²) in [5, 5.41) is 1.74. The van der Waals surface area contributed by atoms with Gasteiger partial charge in [0, 0.05) is 32.2 Å². The summed E-state index contributed by atoms with van der Waals surface area (Å²) in [6.07, 6.45) is -3.09. The van der Waals surface area contributed by atoms with Crippen LogP contribution in [0.3, 0.4) is 0 Å². The van der Waals surface area contributed by atoms with Crippen LogP contribution in [0.1, 0.15) is 12.1 Å². The van der Waals surface area contributed by atoms with Gasteiger partial charge in [-0.15, -0.1) is 0 Å². The number of alkyl halides is 3. The molecule has 3 rings (SSSR count). The number of benzene rings is 1. The molecule has 0 spiro atoms. The van der Waals surface area contributed by atoms with Crippen molar-refractivity contribution in [3.8, 4) is 5.75 Å². The molecule has 2 aromatic rings. The molecule has 1 aliphatic heterocycles. The zero-order valence-corrected chi connectivity index (χ0v) is 20.5. The number of sulfone groups is 1. The Labute approximate surface area is 208 Å². The van der Waals surface area contributed by atoms with Crippen LogP contribution >= 0.6 is 0 Å². The molecule has 202 valence electrons. The van der Waals surface area contributed by atoms with Crippen LogP contribution in [0.25, 0.3) is 5.70 Å². The molecule has 16 heteroatoms. The van der Waals surface area contributed by atoms with Crippen LogP contribution in [0.2, 0.25) is 0 Å². The van der Waals surface area contributed by atoms with Crippen molar-refractivity contribution in [1.82, 2.24) is 15.3 Å². The lowest BCUT2D eigenvalue weighted by molar-refractivity contribution is -0.261. The van der Waals surface area contributed by atoms with Crippen LogP contribution in [0, 0.1) is 11.6 Å². The summed E-state index contributed by atoms with van der Waals surface area (Å²) in [5.74, 6) is -4.53. The number of ether oxygens (including phenoxy) is 2. The maximum atomic E-state index is 14.4. The van der Waals surface area contributed by atoms with Crippen LogP contribution in [0.4, 0.5) is 27.6 Å². The quantitative estimate of drug-likeness (QED) is 0.390. The van der Waals surface area contributed by atoms with Crippen LogP contribution in [0.5, 0.6) is 5.75 Å². The number of hydrogen-bond acceptors (Lipinski definition) is 9. The minimum absolute atomic E-state index is 0.143. The summed E-state index contributed by atoms with van der Waals surface area (Å²) >= 11 is 0. The second-order valence-corrected chi connectivity index (χ2v) is 9.93. The Morgan fingerprint density at radius 3 is 2.49 bits per heavy atom. The zero-order valence-electron chi connectivity index (χ0n) is 19.6. The second-order valence-electron chi connectivity index (χ2n) is 8.02. The third-order valence-electron chi connectivity index (χ3n) is 5.74. The number of rotatable bonds is 7. The second kappa shape index (κ2) is 10.1. The van der Waals surface area contributed by atoms with Crippen molar-refractivity contribution in [3.05, 3.63) is 47.9 Å². The fourth-order valence-electron chi connectivity index (χ4n) is 3.85. The van der Waals surface area contributed by atoms with Crippen molar-refractivity contribution in [2.75, 3.05) is 31.9 Å². The Hall–Kier alpha value is -3.53. The molecule has 3 N–H and O–H groups in total. The van der Waals surface area contributed by atoms with Gasteiger partial charge in [0.25, 0.3) is 0 Å². The largest absolute Gasteiger partial charge is 0.491 e. The molecule has 2 heterocycles. The number of methoxy groups -OCH3 is 2. The fraction of sp³-hybridized carbons (Fsp3) is 0.381. The summed E-state index contributed by atoms with van der Waals surface area (Å²) in [6.45, 7) is -0.958. The van der Waals surface area contributed by atoms with Crippen molar-refractivity contribution >= 4 is 27.1 Å². The van der Waals surface area contributed by atoms with E-state index in [1.54, 1.807) is 0 Å². The molecule has 1 amide bonds. The first-order valence-corrected chi connectivity index (χ1v) is 12.2. The Morgan fingerprint density at radius 1 is 1.27 bits per heavy atom. The van der Waals surface area contributed by atoms with Gasteiger partial charge in [-0.3, -0.25) is 4.79 Å². The number of halogens is 5. The molecule has 0 radical (unpaired) electrons. The highest BCUT2D eigenvalue weighted by molar-refractivity contribution is 7.90. The van der Waals surface area contributed by atoms with E-state index < -0.39 is 69.1 Å². The molecule has 2 unspecified atom stereocenters. The SMILES string of the molecule is COc1c(N2CC(OC)(C(F)(F)F)CC2C(=O)N/C(=C/N)c2ccnc(S(C)(=O)=O)n2)ccc(F)c1F. The van der Waals surface area contributed by atoms with E-state index in [1.807, 2.05) is 0 Å². The average molecular weight is 551 g/mol. The lowest BCUT2D eigenvalue weighted by Crippen LogP contribution is -2.49. The minimum Gasteiger partial charge on any atom is -0.491 e. The Bertz CT molecular complexity index is 1340. The van der Waals surface area contributed by atoms with Crippen molar-refractivity contribution < 1.29 is 44.6 Å². The van der Waals surface area contributed by atoms with Gasteiger partial charge < -0.3 is 25.4 Å². The molecule has 1 aromatic heterocycles. The molecule has 0 aliphatic carbocycles. The van der Waals surface area contributed by atoms with Gasteiger partial charge in [-0.05, 0) is 18.2 Å². The van der Waals surface area contributed by atoms with Gasteiger partial charge in [-0.1, -0.05) is 0 Å². The molecule has 1 aliphatic rings. The van der Waals surface area contributed by atoms with Crippen LogP contribution in [0.15, 0.2) is 35.8 Å². The standard InChI is InChI=1S/C21H22F5N5O5S/c1-35-17-14(5-4-11(22)16(17)23)31-10-20(36-2,21(24,25)26)8-15(31)18(32)29-13(9-27)12-6-7-28-19(30-12)37(3,33)34/h4-7,9,15H,8,10,27H2,1-3H3,(H,29,32)/b13-9+. The normalized spacial score (nSPS) is 20.7. The minimum atomic E-state index is -4.95. The average Bonchev–Trinajstić information content (AvgIpc) is 3.25. The molecule has 2 atom stereocenters. The summed E-state index contributed by atoms with van der Waals surface area (Å²) in [5.41, 5.74) is 2.01. The topological polar surface area (TPSA) is 137 Å². The van der Waals surface area contributed by atoms with Crippen molar-refractivity contribution in [1.29, 1.82) is 0 Å². The summed E-state index contributed by atoms with van der Waals surface area (Å²) in [7, 11) is -2.04. The van der Waals surface area contributed by atoms with E-state index in [9.17, 15) is 35.2 Å². The predicted octanol–water partition coefficient (Wildman–Crippen LogP) is 1.77. The monoisotopic (exact) mass is 551 g/mol. The molecule has 0 bridgehead atoms. The number of nitrogens with one attached hydrogen (secondary N) is 1. The van der Waals surface area contributed by atoms with Crippen molar-refractivity contribution in [2.45, 2.75) is 29.4 Å². The smallest absolute Gasteiger partial charge is 0.419 e. The van der Waals surface area contributed by atoms with Gasteiger partial charge in [0.15, 0.2) is 17.2 Å². The van der Waals surface area contributed by atoms with Crippen LogP contribution in [-0.4, -0.2) is 69.1 Å². The molecule has 1 fully saturated rings. The van der Waals surface area contributed by atoms with Gasteiger partial charge >= 0.3 is 6.18 Å². The van der Waals surface area contributed by atoms with Crippen molar-refractivity contribution in [3.63, 3.8) is 0 Å². The lowest BCUT2D eigenvalue weighted by atomic mass is 9.99. The summed E-state index contributed by atoms with van der Waals surface area (Å²) in [4.78, 5) is 21.6. The summed E-state index contributed by atoms with van der Waals surface area (Å²) < 4.78 is 104. The fourth-order valence-corrected chi connectivity index (χ4v) is 4.36.